The van der Waals surface area contributed by atoms with Crippen molar-refractivity contribution >= 4 is 48.1 Å². The van der Waals surface area contributed by atoms with Gasteiger partial charge in [0.05, 0.1) is 6.54 Å². The van der Waals surface area contributed by atoms with Crippen molar-refractivity contribution in [2.45, 2.75) is 56.4 Å². The number of nitrogens with two attached hydrogens (primary N) is 1. The first-order chi connectivity index (χ1) is 21.3. The van der Waals surface area contributed by atoms with Crippen LogP contribution in [0.15, 0.2) is 47.4 Å². The van der Waals surface area contributed by atoms with Crippen LogP contribution < -0.4 is 21.7 Å². The molecular formula is C33H50N6O4S. The smallest absolute Gasteiger partial charge is 0.241 e. The van der Waals surface area contributed by atoms with Gasteiger partial charge in [0.1, 0.15) is 18.9 Å². The molecule has 2 heterocycles. The zero-order chi connectivity index (χ0) is 32.2. The van der Waals surface area contributed by atoms with Gasteiger partial charge in [-0.3, -0.25) is 9.59 Å². The fourth-order valence-electron chi connectivity index (χ4n) is 5.28. The molecule has 5 N–H and O–H groups in total. The lowest BCUT2D eigenvalue weighted by atomic mass is 9.71. The van der Waals surface area contributed by atoms with Crippen molar-refractivity contribution in [2.75, 3.05) is 64.9 Å². The number of hydrogen-bond donors (Lipinski definition) is 4. The summed E-state index contributed by atoms with van der Waals surface area (Å²) in [5.41, 5.74) is 9.34. The van der Waals surface area contributed by atoms with Crippen LogP contribution in [-0.2, 0) is 20.9 Å². The number of hydrogen-bond acceptors (Lipinski definition) is 10. The van der Waals surface area contributed by atoms with E-state index in [1.807, 2.05) is 62.3 Å². The number of nitrogen functional groups attached to an aromatic ring is 1. The molecule has 1 amide bonds. The summed E-state index contributed by atoms with van der Waals surface area (Å²) in [7, 11) is 5.60. The second kappa shape index (κ2) is 20.7. The summed E-state index contributed by atoms with van der Waals surface area (Å²) in [6.07, 6.45) is 8.75. The molecule has 44 heavy (non-hydrogen) atoms. The van der Waals surface area contributed by atoms with Crippen molar-refractivity contribution in [3.63, 3.8) is 0 Å². The van der Waals surface area contributed by atoms with E-state index in [1.165, 1.54) is 17.7 Å². The summed E-state index contributed by atoms with van der Waals surface area (Å²) in [5, 5.41) is 9.11. The van der Waals surface area contributed by atoms with E-state index in [-0.39, 0.29) is 12.5 Å². The van der Waals surface area contributed by atoms with Gasteiger partial charge in [-0.2, -0.15) is 0 Å². The summed E-state index contributed by atoms with van der Waals surface area (Å²) >= 11 is 1.82. The average molecular weight is 627 g/mol. The molecule has 1 spiro atoms. The molecule has 0 bridgehead atoms. The fraction of sp³-hybridized carbons (Fsp3) is 0.515. The van der Waals surface area contributed by atoms with Crippen molar-refractivity contribution in [1.29, 1.82) is 0 Å². The Bertz CT molecular complexity index is 1140. The maximum atomic E-state index is 12.9. The number of amides is 1. The van der Waals surface area contributed by atoms with Crippen LogP contribution in [0.4, 0.5) is 11.4 Å². The first-order valence-corrected chi connectivity index (χ1v) is 16.1. The van der Waals surface area contributed by atoms with Gasteiger partial charge in [-0.1, -0.05) is 12.1 Å². The first-order valence-electron chi connectivity index (χ1n) is 15.3. The van der Waals surface area contributed by atoms with Gasteiger partial charge >= 0.3 is 0 Å². The minimum absolute atomic E-state index is 0.123. The highest BCUT2D eigenvalue weighted by molar-refractivity contribution is 7.97. The van der Waals surface area contributed by atoms with Crippen LogP contribution in [0.5, 0.6) is 0 Å². The van der Waals surface area contributed by atoms with Gasteiger partial charge in [0.25, 0.3) is 0 Å². The Hall–Kier alpha value is -3.25. The van der Waals surface area contributed by atoms with E-state index >= 15 is 0 Å². The molecular weight excluding hydrogens is 576 g/mol. The monoisotopic (exact) mass is 626 g/mol. The van der Waals surface area contributed by atoms with Crippen LogP contribution in [0.3, 0.4) is 0 Å². The third-order valence-electron chi connectivity index (χ3n) is 7.84. The van der Waals surface area contributed by atoms with Gasteiger partial charge in [-0.05, 0) is 107 Å². The van der Waals surface area contributed by atoms with Crippen LogP contribution in [0.1, 0.15) is 60.9 Å². The second-order valence-electron chi connectivity index (χ2n) is 11.1. The molecule has 2 aromatic rings. The quantitative estimate of drug-likeness (QED) is 0.118. The Morgan fingerprint density at radius 3 is 2.05 bits per heavy atom. The summed E-state index contributed by atoms with van der Waals surface area (Å²) in [5.74, 6) is 0.123. The van der Waals surface area contributed by atoms with Gasteiger partial charge in [0, 0.05) is 67.4 Å². The maximum Gasteiger partial charge on any atom is 0.241 e. The summed E-state index contributed by atoms with van der Waals surface area (Å²) < 4.78 is 2.45. The number of aldehydes is 3. The summed E-state index contributed by atoms with van der Waals surface area (Å²) in [4.78, 5) is 46.6. The van der Waals surface area contributed by atoms with Gasteiger partial charge < -0.3 is 36.2 Å². The van der Waals surface area contributed by atoms with E-state index in [1.54, 1.807) is 6.07 Å². The van der Waals surface area contributed by atoms with Gasteiger partial charge in [-0.15, -0.1) is 0 Å². The Morgan fingerprint density at radius 2 is 1.50 bits per heavy atom. The lowest BCUT2D eigenvalue weighted by Gasteiger charge is -2.46. The minimum atomic E-state index is 0.123. The molecule has 10 nitrogen and oxygen atoms in total. The molecule has 242 valence electrons. The van der Waals surface area contributed by atoms with E-state index in [2.05, 4.69) is 32.4 Å². The average Bonchev–Trinajstić information content (AvgIpc) is 3.04. The van der Waals surface area contributed by atoms with Gasteiger partial charge in [0.15, 0.2) is 0 Å². The molecule has 2 saturated heterocycles. The van der Waals surface area contributed by atoms with Gasteiger partial charge in [-0.25, -0.2) is 4.31 Å². The van der Waals surface area contributed by atoms with E-state index in [9.17, 15) is 19.2 Å². The number of carbonyl (C=O) groups excluding carboxylic acids is 4. The van der Waals surface area contributed by atoms with E-state index < -0.39 is 0 Å². The first kappa shape index (κ1) is 36.9. The van der Waals surface area contributed by atoms with Crippen molar-refractivity contribution < 1.29 is 19.2 Å². The molecule has 4 rings (SSSR count). The SMILES string of the molecule is CNC.CNCc1c(C=O)cccc1NCC(=O)N1CCC2(CCN(Sc3ccc(N)cc3)CC2)CC1.O=CCCCC=O. The van der Waals surface area contributed by atoms with Crippen molar-refractivity contribution in [3.05, 3.63) is 53.6 Å². The molecule has 0 saturated carbocycles. The van der Waals surface area contributed by atoms with Crippen LogP contribution >= 0.6 is 11.9 Å². The Kier molecular flexibility index (Phi) is 17.3. The zero-order valence-electron chi connectivity index (χ0n) is 26.5. The molecule has 0 aromatic heterocycles. The number of benzene rings is 2. The molecule has 2 aliphatic rings. The number of piperidine rings is 2. The molecule has 0 aliphatic carbocycles. The Labute approximate surface area is 267 Å². The predicted octanol–water partition coefficient (Wildman–Crippen LogP) is 4.01. The van der Waals surface area contributed by atoms with E-state index in [0.29, 0.717) is 36.8 Å². The third kappa shape index (κ3) is 12.4. The Morgan fingerprint density at radius 1 is 0.909 bits per heavy atom. The van der Waals surface area contributed by atoms with Crippen molar-refractivity contribution in [1.82, 2.24) is 19.8 Å². The molecule has 2 fully saturated rings. The van der Waals surface area contributed by atoms with E-state index in [0.717, 1.165) is 74.8 Å². The van der Waals surface area contributed by atoms with Crippen LogP contribution in [-0.4, -0.2) is 87.8 Å². The lowest BCUT2D eigenvalue weighted by Crippen LogP contribution is -2.48. The lowest BCUT2D eigenvalue weighted by molar-refractivity contribution is -0.132. The Balaban J connectivity index is 0.000000587. The van der Waals surface area contributed by atoms with Crippen molar-refractivity contribution in [3.8, 4) is 0 Å². The number of rotatable bonds is 12. The summed E-state index contributed by atoms with van der Waals surface area (Å²) in [6, 6.07) is 13.6. The number of carbonyl (C=O) groups is 4. The molecule has 11 heteroatoms. The standard InChI is InChI=1S/C26H35N5O2S.C5H8O2.C2H7N/c1-28-17-23-20(19-32)3-2-4-24(23)29-18-25(33)30-13-9-26(10-14-30)11-15-31(16-12-26)34-22-7-5-21(27)6-8-22;6-4-2-1-3-5-7;1-3-2/h2-8,19,28-29H,9-18,27H2,1H3;4-5H,1-3H2;3H,1-2H3. The molecule has 2 aromatic carbocycles. The number of anilines is 2. The largest absolute Gasteiger partial charge is 0.399 e. The molecule has 0 unspecified atom stereocenters. The fourth-order valence-corrected chi connectivity index (χ4v) is 6.20. The molecule has 0 atom stereocenters. The maximum absolute atomic E-state index is 12.9. The minimum Gasteiger partial charge on any atom is -0.399 e. The summed E-state index contributed by atoms with van der Waals surface area (Å²) in [6.45, 7) is 4.62. The number of nitrogens with one attached hydrogen (secondary N) is 3. The predicted molar refractivity (Wildman–Crippen MR) is 180 cm³/mol. The number of nitrogens with zero attached hydrogens (tertiary/aromatic N) is 2. The van der Waals surface area contributed by atoms with Gasteiger partial charge in [0.2, 0.25) is 5.91 Å². The molecule has 2 aliphatic heterocycles. The zero-order valence-corrected chi connectivity index (χ0v) is 27.3. The molecule has 0 radical (unpaired) electrons. The van der Waals surface area contributed by atoms with Crippen LogP contribution in [0.25, 0.3) is 0 Å². The number of unbranched alkanes of at least 4 members (excludes halogenated alkanes) is 2. The second-order valence-corrected chi connectivity index (χ2v) is 12.3. The van der Waals surface area contributed by atoms with Crippen molar-refractivity contribution in [2.24, 2.45) is 5.41 Å². The highest BCUT2D eigenvalue weighted by atomic mass is 32.2. The highest BCUT2D eigenvalue weighted by Crippen LogP contribution is 2.43. The highest BCUT2D eigenvalue weighted by Gasteiger charge is 2.38. The van der Waals surface area contributed by atoms with Crippen LogP contribution in [0.2, 0.25) is 0 Å². The van der Waals surface area contributed by atoms with Crippen LogP contribution in [0, 0.1) is 5.41 Å². The normalized spacial score (nSPS) is 15.7. The topological polar surface area (TPSA) is 137 Å². The number of likely N-dealkylation sites (tertiary alicyclic amines) is 1. The third-order valence-corrected chi connectivity index (χ3v) is 8.95. The van der Waals surface area contributed by atoms with E-state index in [4.69, 9.17) is 5.73 Å².